The molecule has 2 unspecified atom stereocenters. The molecular formula is C17H22N2O. The second-order valence-corrected chi connectivity index (χ2v) is 5.97. The lowest BCUT2D eigenvalue weighted by Gasteiger charge is -2.39. The first-order valence-corrected chi connectivity index (χ1v) is 7.49. The maximum atomic E-state index is 11.2. The molecule has 1 aromatic carbocycles. The van der Waals surface area contributed by atoms with Crippen molar-refractivity contribution in [3.63, 3.8) is 0 Å². The van der Waals surface area contributed by atoms with Gasteiger partial charge in [0.25, 0.3) is 0 Å². The molecule has 20 heavy (non-hydrogen) atoms. The number of nitrogens with zero attached hydrogens (tertiary/aromatic N) is 2. The minimum absolute atomic E-state index is 0.611. The Bertz CT molecular complexity index is 606. The number of hydrogen-bond acceptors (Lipinski definition) is 2. The lowest BCUT2D eigenvalue weighted by molar-refractivity contribution is 0.0711. The number of carbonyl (C=O) groups is 1. The predicted molar refractivity (Wildman–Crippen MR) is 81.9 cm³/mol. The monoisotopic (exact) mass is 270 g/mol. The summed E-state index contributed by atoms with van der Waals surface area (Å²) in [5.74, 6) is 0. The molecule has 0 radical (unpaired) electrons. The third-order valence-corrected chi connectivity index (χ3v) is 4.64. The number of hydrogen-bond donors (Lipinski definition) is 0. The van der Waals surface area contributed by atoms with Crippen molar-refractivity contribution in [3.8, 4) is 0 Å². The van der Waals surface area contributed by atoms with E-state index in [0.29, 0.717) is 12.1 Å². The van der Waals surface area contributed by atoms with E-state index in [1.807, 2.05) is 24.4 Å². The lowest BCUT2D eigenvalue weighted by atomic mass is 9.98. The smallest absolute Gasteiger partial charge is 0.152 e. The summed E-state index contributed by atoms with van der Waals surface area (Å²) >= 11 is 0. The Labute approximate surface area is 120 Å². The first-order chi connectivity index (χ1) is 9.70. The Balaban J connectivity index is 1.96. The molecule has 1 aliphatic rings. The average molecular weight is 270 g/mol. The van der Waals surface area contributed by atoms with Crippen molar-refractivity contribution in [2.45, 2.75) is 51.9 Å². The van der Waals surface area contributed by atoms with Gasteiger partial charge >= 0.3 is 0 Å². The van der Waals surface area contributed by atoms with Crippen LogP contribution in [0.2, 0.25) is 0 Å². The van der Waals surface area contributed by atoms with Crippen LogP contribution in [0.15, 0.2) is 30.5 Å². The van der Waals surface area contributed by atoms with E-state index >= 15 is 0 Å². The van der Waals surface area contributed by atoms with Crippen LogP contribution in [0.25, 0.3) is 10.9 Å². The number of rotatable bonds is 3. The van der Waals surface area contributed by atoms with Crippen molar-refractivity contribution in [2.75, 3.05) is 0 Å². The molecule has 0 N–H and O–H groups in total. The van der Waals surface area contributed by atoms with E-state index in [2.05, 4.69) is 29.4 Å². The summed E-state index contributed by atoms with van der Waals surface area (Å²) in [6.07, 6.45) is 6.81. The van der Waals surface area contributed by atoms with Crippen molar-refractivity contribution >= 4 is 17.2 Å². The minimum Gasteiger partial charge on any atom is -0.333 e. The summed E-state index contributed by atoms with van der Waals surface area (Å²) in [5.41, 5.74) is 1.94. The molecule has 106 valence electrons. The van der Waals surface area contributed by atoms with E-state index in [-0.39, 0.29) is 0 Å². The Hall–Kier alpha value is -1.61. The first-order valence-electron chi connectivity index (χ1n) is 7.49. The molecular weight excluding hydrogens is 248 g/mol. The molecule has 1 saturated heterocycles. The number of carbonyl (C=O) groups excluding carboxylic acids is 1. The van der Waals surface area contributed by atoms with Gasteiger partial charge in [0.05, 0.1) is 6.67 Å². The van der Waals surface area contributed by atoms with Crippen LogP contribution in [0, 0.1) is 0 Å². The van der Waals surface area contributed by atoms with Gasteiger partial charge in [-0.3, -0.25) is 9.69 Å². The highest BCUT2D eigenvalue weighted by Crippen LogP contribution is 2.26. The number of fused-ring (bicyclic) bond motifs is 1. The van der Waals surface area contributed by atoms with Crippen molar-refractivity contribution in [2.24, 2.45) is 0 Å². The fraction of sp³-hybridized carbons (Fsp3) is 0.471. The first kappa shape index (κ1) is 13.4. The molecule has 0 aliphatic carbocycles. The summed E-state index contributed by atoms with van der Waals surface area (Å²) < 4.78 is 2.22. The third-order valence-electron chi connectivity index (χ3n) is 4.64. The fourth-order valence-electron chi connectivity index (χ4n) is 3.42. The van der Waals surface area contributed by atoms with Crippen LogP contribution in [0.5, 0.6) is 0 Å². The van der Waals surface area contributed by atoms with Gasteiger partial charge in [0, 0.05) is 34.7 Å². The molecule has 1 aromatic heterocycles. The van der Waals surface area contributed by atoms with Crippen LogP contribution in [0.3, 0.4) is 0 Å². The van der Waals surface area contributed by atoms with E-state index in [9.17, 15) is 4.79 Å². The number of aromatic nitrogens is 1. The van der Waals surface area contributed by atoms with Crippen LogP contribution < -0.4 is 0 Å². The normalized spacial score (nSPS) is 24.1. The van der Waals surface area contributed by atoms with Gasteiger partial charge in [-0.15, -0.1) is 0 Å². The standard InChI is InChI=1S/C17H22N2O/c1-13-6-5-7-14(2)19(13)12-18-10-15(11-20)16-8-3-4-9-17(16)18/h3-4,8-11,13-14H,5-7,12H2,1-2H3. The maximum absolute atomic E-state index is 11.2. The van der Waals surface area contributed by atoms with E-state index in [1.165, 1.54) is 19.3 Å². The van der Waals surface area contributed by atoms with Gasteiger partial charge < -0.3 is 4.57 Å². The molecule has 0 saturated carbocycles. The van der Waals surface area contributed by atoms with Crippen LogP contribution in [0.4, 0.5) is 0 Å². The van der Waals surface area contributed by atoms with Crippen LogP contribution >= 0.6 is 0 Å². The topological polar surface area (TPSA) is 25.2 Å². The molecule has 2 heterocycles. The minimum atomic E-state index is 0.611. The lowest BCUT2D eigenvalue weighted by Crippen LogP contribution is -2.44. The summed E-state index contributed by atoms with van der Waals surface area (Å²) in [7, 11) is 0. The fourth-order valence-corrected chi connectivity index (χ4v) is 3.42. The highest BCUT2D eigenvalue weighted by Gasteiger charge is 2.25. The summed E-state index contributed by atoms with van der Waals surface area (Å²) in [4.78, 5) is 13.8. The van der Waals surface area contributed by atoms with Gasteiger partial charge in [-0.2, -0.15) is 0 Å². The quantitative estimate of drug-likeness (QED) is 0.795. The van der Waals surface area contributed by atoms with Gasteiger partial charge in [0.1, 0.15) is 0 Å². The van der Waals surface area contributed by atoms with Crippen LogP contribution in [-0.4, -0.2) is 27.8 Å². The molecule has 1 fully saturated rings. The molecule has 2 atom stereocenters. The second-order valence-electron chi connectivity index (χ2n) is 5.97. The maximum Gasteiger partial charge on any atom is 0.152 e. The number of likely N-dealkylation sites (tertiary alicyclic amines) is 1. The summed E-state index contributed by atoms with van der Waals surface area (Å²) in [6.45, 7) is 5.49. The molecule has 0 amide bonds. The number of aldehydes is 1. The average Bonchev–Trinajstić information content (AvgIpc) is 2.81. The molecule has 0 bridgehead atoms. The number of piperidine rings is 1. The Morgan fingerprint density at radius 2 is 1.90 bits per heavy atom. The molecule has 2 aromatic rings. The van der Waals surface area contributed by atoms with E-state index in [0.717, 1.165) is 29.4 Å². The molecule has 3 nitrogen and oxygen atoms in total. The second kappa shape index (κ2) is 5.41. The van der Waals surface area contributed by atoms with Crippen molar-refractivity contribution < 1.29 is 4.79 Å². The highest BCUT2D eigenvalue weighted by atomic mass is 16.1. The van der Waals surface area contributed by atoms with Gasteiger partial charge in [-0.05, 0) is 32.8 Å². The molecule has 1 aliphatic heterocycles. The predicted octanol–water partition coefficient (Wildman–Crippen LogP) is 3.67. The van der Waals surface area contributed by atoms with Crippen LogP contribution in [0.1, 0.15) is 43.5 Å². The molecule has 3 rings (SSSR count). The zero-order valence-corrected chi connectivity index (χ0v) is 12.2. The van der Waals surface area contributed by atoms with Gasteiger partial charge in [0.15, 0.2) is 6.29 Å². The van der Waals surface area contributed by atoms with E-state index < -0.39 is 0 Å². The highest BCUT2D eigenvalue weighted by molar-refractivity contribution is 5.97. The van der Waals surface area contributed by atoms with Gasteiger partial charge in [-0.25, -0.2) is 0 Å². The SMILES string of the molecule is CC1CCCC(C)N1Cn1cc(C=O)c2ccccc21. The summed E-state index contributed by atoms with van der Waals surface area (Å²) in [6, 6.07) is 9.38. The third kappa shape index (κ3) is 2.27. The van der Waals surface area contributed by atoms with E-state index in [4.69, 9.17) is 0 Å². The van der Waals surface area contributed by atoms with Crippen molar-refractivity contribution in [3.05, 3.63) is 36.0 Å². The van der Waals surface area contributed by atoms with Crippen molar-refractivity contribution in [1.82, 2.24) is 9.47 Å². The van der Waals surface area contributed by atoms with Gasteiger partial charge in [0.2, 0.25) is 0 Å². The van der Waals surface area contributed by atoms with E-state index in [1.54, 1.807) is 0 Å². The Kier molecular flexibility index (Phi) is 3.62. The largest absolute Gasteiger partial charge is 0.333 e. The van der Waals surface area contributed by atoms with Crippen LogP contribution in [-0.2, 0) is 6.67 Å². The zero-order chi connectivity index (χ0) is 14.1. The number of para-hydroxylation sites is 1. The van der Waals surface area contributed by atoms with Gasteiger partial charge in [-0.1, -0.05) is 24.6 Å². The Morgan fingerprint density at radius 1 is 1.20 bits per heavy atom. The molecule has 0 spiro atoms. The van der Waals surface area contributed by atoms with Crippen molar-refractivity contribution in [1.29, 1.82) is 0 Å². The number of benzene rings is 1. The summed E-state index contributed by atoms with van der Waals surface area (Å²) in [5, 5.41) is 1.06. The molecule has 3 heteroatoms. The zero-order valence-electron chi connectivity index (χ0n) is 12.2. The Morgan fingerprint density at radius 3 is 2.60 bits per heavy atom.